The first-order chi connectivity index (χ1) is 14.6. The predicted octanol–water partition coefficient (Wildman–Crippen LogP) is 0.872. The van der Waals surface area contributed by atoms with Crippen LogP contribution in [0.5, 0.6) is 0 Å². The summed E-state index contributed by atoms with van der Waals surface area (Å²) in [7, 11) is 0. The van der Waals surface area contributed by atoms with Gasteiger partial charge in [-0.2, -0.15) is 0 Å². The molecule has 2 aromatic rings. The molecule has 5 atom stereocenters. The molecule has 7 nitrogen and oxygen atoms in total. The number of hydrogen-bond acceptors (Lipinski definition) is 5. The number of thiocarbonyl (C=S) groups is 1. The zero-order valence-electron chi connectivity index (χ0n) is 16.5. The molecule has 2 aromatic carbocycles. The van der Waals surface area contributed by atoms with Crippen LogP contribution in [0.2, 0.25) is 0 Å². The smallest absolute Gasteiger partial charge is 0.228 e. The van der Waals surface area contributed by atoms with E-state index in [1.54, 1.807) is 4.90 Å². The number of nitrogens with zero attached hydrogens (tertiary/aromatic N) is 2. The van der Waals surface area contributed by atoms with Crippen LogP contribution >= 0.6 is 12.2 Å². The zero-order chi connectivity index (χ0) is 20.8. The summed E-state index contributed by atoms with van der Waals surface area (Å²) < 4.78 is 5.39. The van der Waals surface area contributed by atoms with Crippen molar-refractivity contribution in [1.82, 2.24) is 10.2 Å². The number of ether oxygens (including phenoxy) is 1. The molecule has 158 valence electrons. The summed E-state index contributed by atoms with van der Waals surface area (Å²) in [6.07, 6.45) is -1.78. The van der Waals surface area contributed by atoms with E-state index >= 15 is 0 Å². The number of carbonyl (C=O) groups is 1. The van der Waals surface area contributed by atoms with Gasteiger partial charge >= 0.3 is 0 Å². The van der Waals surface area contributed by atoms with E-state index in [4.69, 9.17) is 17.0 Å². The number of carbonyl (C=O) groups excluding carboxylic acids is 1. The van der Waals surface area contributed by atoms with E-state index in [1.807, 2.05) is 47.4 Å². The summed E-state index contributed by atoms with van der Waals surface area (Å²) >= 11 is 5.66. The highest BCUT2D eigenvalue weighted by atomic mass is 32.1. The highest BCUT2D eigenvalue weighted by Crippen LogP contribution is 2.39. The molecule has 1 aliphatic carbocycles. The second-order valence-electron chi connectivity index (χ2n) is 8.17. The van der Waals surface area contributed by atoms with Gasteiger partial charge in [0.05, 0.1) is 43.0 Å². The maximum Gasteiger partial charge on any atom is 0.228 e. The minimum Gasteiger partial charge on any atom is -0.390 e. The lowest BCUT2D eigenvalue weighted by Gasteiger charge is -2.43. The van der Waals surface area contributed by atoms with Crippen LogP contribution < -0.4 is 10.2 Å². The fourth-order valence-electron chi connectivity index (χ4n) is 5.04. The first-order valence-corrected chi connectivity index (χ1v) is 10.8. The van der Waals surface area contributed by atoms with Gasteiger partial charge in [-0.3, -0.25) is 4.79 Å². The number of hydrogen-bond donors (Lipinski definition) is 3. The fourth-order valence-corrected chi connectivity index (χ4v) is 5.40. The quantitative estimate of drug-likeness (QED) is 0.614. The number of anilines is 1. The van der Waals surface area contributed by atoms with Gasteiger partial charge < -0.3 is 30.1 Å². The summed E-state index contributed by atoms with van der Waals surface area (Å²) in [5.41, 5.74) is 0.904. The Balaban J connectivity index is 1.57. The van der Waals surface area contributed by atoms with Gasteiger partial charge in [-0.15, -0.1) is 0 Å². The molecule has 0 aromatic heterocycles. The van der Waals surface area contributed by atoms with Gasteiger partial charge in [-0.1, -0.05) is 36.4 Å². The molecule has 3 aliphatic rings. The Bertz CT molecular complexity index is 975. The summed E-state index contributed by atoms with van der Waals surface area (Å²) in [5, 5.41) is 27.0. The molecular formula is C22H25N3O4S. The van der Waals surface area contributed by atoms with Crippen LogP contribution in [0.1, 0.15) is 6.42 Å². The lowest BCUT2D eigenvalue weighted by atomic mass is 9.76. The van der Waals surface area contributed by atoms with Crippen molar-refractivity contribution in [3.8, 4) is 0 Å². The largest absolute Gasteiger partial charge is 0.390 e. The molecule has 2 heterocycles. The third kappa shape index (κ3) is 3.15. The van der Waals surface area contributed by atoms with Gasteiger partial charge in [-0.25, -0.2) is 0 Å². The lowest BCUT2D eigenvalue weighted by molar-refractivity contribution is -0.145. The maximum absolute atomic E-state index is 13.5. The monoisotopic (exact) mass is 427 g/mol. The number of aliphatic hydroxyl groups is 2. The van der Waals surface area contributed by atoms with Gasteiger partial charge in [-0.05, 0) is 30.1 Å². The Morgan fingerprint density at radius 1 is 1.10 bits per heavy atom. The molecule has 1 saturated carbocycles. The van der Waals surface area contributed by atoms with Crippen molar-refractivity contribution in [3.05, 3.63) is 42.5 Å². The number of rotatable bonds is 2. The molecule has 0 radical (unpaired) electrons. The SMILES string of the molecule is O=C([C@@H]1C[C@@H](O)[C@H](O)[C@@H]2NC(=S)N(c3cccc4ccccc34)[C@H]21)N1CCOCC1. The molecule has 3 fully saturated rings. The molecule has 2 aliphatic heterocycles. The normalized spacial score (nSPS) is 31.5. The van der Waals surface area contributed by atoms with E-state index in [0.29, 0.717) is 31.4 Å². The van der Waals surface area contributed by atoms with Crippen molar-refractivity contribution in [3.63, 3.8) is 0 Å². The fraction of sp³-hybridized carbons (Fsp3) is 0.455. The maximum atomic E-state index is 13.5. The van der Waals surface area contributed by atoms with Crippen LogP contribution in [0.25, 0.3) is 10.8 Å². The number of fused-ring (bicyclic) bond motifs is 2. The second kappa shape index (κ2) is 7.77. The molecule has 0 bridgehead atoms. The topological polar surface area (TPSA) is 85.3 Å². The van der Waals surface area contributed by atoms with Crippen molar-refractivity contribution >= 4 is 39.7 Å². The van der Waals surface area contributed by atoms with Crippen LogP contribution in [-0.4, -0.2) is 76.7 Å². The molecule has 0 unspecified atom stereocenters. The minimum absolute atomic E-state index is 0.0176. The molecule has 30 heavy (non-hydrogen) atoms. The third-order valence-corrected chi connectivity index (χ3v) is 6.83. The van der Waals surface area contributed by atoms with Gasteiger partial charge in [0.2, 0.25) is 5.91 Å². The first-order valence-electron chi connectivity index (χ1n) is 10.4. The molecule has 3 N–H and O–H groups in total. The molecule has 8 heteroatoms. The standard InChI is InChI=1S/C22H25N3O4S/c26-17-12-15(21(28)24-8-10-29-11-9-24)19-18(20(17)27)23-22(30)25(19)16-7-3-5-13-4-1-2-6-14(13)16/h1-7,15,17-20,26-27H,8-12H2,(H,23,30)/t15-,17-,18-,19+,20+/m1/s1. The van der Waals surface area contributed by atoms with Gasteiger partial charge in [0.25, 0.3) is 0 Å². The minimum atomic E-state index is -0.998. The van der Waals surface area contributed by atoms with Crippen molar-refractivity contribution in [2.24, 2.45) is 5.92 Å². The van der Waals surface area contributed by atoms with Crippen LogP contribution in [-0.2, 0) is 9.53 Å². The van der Waals surface area contributed by atoms with Crippen molar-refractivity contribution in [2.75, 3.05) is 31.2 Å². The van der Waals surface area contributed by atoms with Crippen LogP contribution in [0.4, 0.5) is 5.69 Å². The van der Waals surface area contributed by atoms with Crippen LogP contribution in [0, 0.1) is 5.92 Å². The average molecular weight is 428 g/mol. The number of morpholine rings is 1. The Morgan fingerprint density at radius 3 is 2.63 bits per heavy atom. The number of nitrogens with one attached hydrogen (secondary N) is 1. The van der Waals surface area contributed by atoms with Crippen LogP contribution in [0.3, 0.4) is 0 Å². The zero-order valence-corrected chi connectivity index (χ0v) is 17.3. The third-order valence-electron chi connectivity index (χ3n) is 6.51. The van der Waals surface area contributed by atoms with Gasteiger partial charge in [0.15, 0.2) is 5.11 Å². The highest BCUT2D eigenvalue weighted by molar-refractivity contribution is 7.80. The summed E-state index contributed by atoms with van der Waals surface area (Å²) in [5.74, 6) is -0.505. The van der Waals surface area contributed by atoms with E-state index < -0.39 is 24.2 Å². The lowest BCUT2D eigenvalue weighted by Crippen LogP contribution is -2.61. The predicted molar refractivity (Wildman–Crippen MR) is 117 cm³/mol. The van der Waals surface area contributed by atoms with E-state index in [-0.39, 0.29) is 18.4 Å². The molecular weight excluding hydrogens is 402 g/mol. The molecule has 0 spiro atoms. The van der Waals surface area contributed by atoms with E-state index in [0.717, 1.165) is 16.5 Å². The van der Waals surface area contributed by atoms with Crippen molar-refractivity contribution < 1.29 is 19.7 Å². The van der Waals surface area contributed by atoms with Crippen molar-refractivity contribution in [1.29, 1.82) is 0 Å². The molecule has 2 saturated heterocycles. The van der Waals surface area contributed by atoms with Gasteiger partial charge in [0, 0.05) is 18.5 Å². The van der Waals surface area contributed by atoms with E-state index in [1.165, 1.54) is 0 Å². The van der Waals surface area contributed by atoms with Gasteiger partial charge in [0.1, 0.15) is 6.10 Å². The molecule has 5 rings (SSSR count). The number of aliphatic hydroxyl groups excluding tert-OH is 2. The van der Waals surface area contributed by atoms with Crippen molar-refractivity contribution in [2.45, 2.75) is 30.7 Å². The first kappa shape index (κ1) is 19.7. The number of benzene rings is 2. The highest BCUT2D eigenvalue weighted by Gasteiger charge is 2.54. The Labute approximate surface area is 180 Å². The molecule has 1 amide bonds. The van der Waals surface area contributed by atoms with E-state index in [9.17, 15) is 15.0 Å². The Morgan fingerprint density at radius 2 is 1.83 bits per heavy atom. The number of amides is 1. The summed E-state index contributed by atoms with van der Waals surface area (Å²) in [4.78, 5) is 17.3. The Hall–Kier alpha value is -2.26. The van der Waals surface area contributed by atoms with E-state index in [2.05, 4.69) is 5.32 Å². The average Bonchev–Trinajstić information content (AvgIpc) is 3.13. The summed E-state index contributed by atoms with van der Waals surface area (Å²) in [6.45, 7) is 2.11. The Kier molecular flexibility index (Phi) is 5.10. The second-order valence-corrected chi connectivity index (χ2v) is 8.56. The van der Waals surface area contributed by atoms with Crippen LogP contribution in [0.15, 0.2) is 42.5 Å². The summed E-state index contributed by atoms with van der Waals surface area (Å²) in [6, 6.07) is 13.2.